The summed E-state index contributed by atoms with van der Waals surface area (Å²) >= 11 is 0. The van der Waals surface area contributed by atoms with E-state index in [1.54, 1.807) is 30.5 Å². The number of nitrogens with zero attached hydrogens (tertiary/aromatic N) is 2. The standard InChI is InChI=1S/C28H28FN3O/c1-4-17-5-8-26(31-16-17)32-27(33)28(2,3)21-13-18-11-20(12-19(18)14-21)23-9-10-30-25-7-6-22(29)15-24(23)25/h1,5-10,15-16,18-21H,11-14H2,2-3H3,(H,31,32,33)/t18-,19+,20-,21+. The molecule has 2 saturated carbocycles. The molecule has 4 nitrogen and oxygen atoms in total. The number of pyridine rings is 2. The zero-order valence-corrected chi connectivity index (χ0v) is 19.0. The third kappa shape index (κ3) is 3.99. The van der Waals surface area contributed by atoms with E-state index in [0.717, 1.165) is 36.6 Å². The van der Waals surface area contributed by atoms with Crippen LogP contribution in [-0.2, 0) is 4.79 Å². The summed E-state index contributed by atoms with van der Waals surface area (Å²) < 4.78 is 13.9. The van der Waals surface area contributed by atoms with Gasteiger partial charge in [0.05, 0.1) is 5.52 Å². The first-order chi connectivity index (χ1) is 15.8. The summed E-state index contributed by atoms with van der Waals surface area (Å²) in [6.45, 7) is 4.08. The van der Waals surface area contributed by atoms with Gasteiger partial charge in [-0.05, 0) is 91.3 Å². The van der Waals surface area contributed by atoms with Crippen LogP contribution in [0, 0.1) is 41.3 Å². The fourth-order valence-electron chi connectivity index (χ4n) is 5.97. The fourth-order valence-corrected chi connectivity index (χ4v) is 5.97. The number of nitrogens with one attached hydrogen (secondary N) is 1. The molecule has 0 spiro atoms. The number of aromatic nitrogens is 2. The first-order valence-corrected chi connectivity index (χ1v) is 11.6. The van der Waals surface area contributed by atoms with Crippen molar-refractivity contribution in [2.75, 3.05) is 5.32 Å². The summed E-state index contributed by atoms with van der Waals surface area (Å²) in [4.78, 5) is 21.8. The molecule has 1 aromatic carbocycles. The second-order valence-electron chi connectivity index (χ2n) is 10.2. The Bertz CT molecular complexity index is 1230. The molecule has 2 heterocycles. The van der Waals surface area contributed by atoms with Gasteiger partial charge in [-0.2, -0.15) is 0 Å². The number of hydrogen-bond acceptors (Lipinski definition) is 3. The Morgan fingerprint density at radius 2 is 1.85 bits per heavy atom. The normalized spacial score (nSPS) is 24.4. The molecule has 5 rings (SSSR count). The first kappa shape index (κ1) is 21.6. The molecule has 168 valence electrons. The highest BCUT2D eigenvalue weighted by atomic mass is 19.1. The predicted molar refractivity (Wildman–Crippen MR) is 128 cm³/mol. The van der Waals surface area contributed by atoms with Gasteiger partial charge in [-0.15, -0.1) is 6.42 Å². The number of amides is 1. The fraction of sp³-hybridized carbons (Fsp3) is 0.393. The molecule has 1 amide bonds. The van der Waals surface area contributed by atoms with Crippen molar-refractivity contribution >= 4 is 22.6 Å². The predicted octanol–water partition coefficient (Wildman–Crippen LogP) is 5.93. The maximum absolute atomic E-state index is 13.9. The molecule has 0 bridgehead atoms. The van der Waals surface area contributed by atoms with Crippen LogP contribution in [0.4, 0.5) is 10.2 Å². The van der Waals surface area contributed by atoms with Crippen molar-refractivity contribution in [3.05, 3.63) is 65.7 Å². The number of benzene rings is 1. The Morgan fingerprint density at radius 1 is 1.09 bits per heavy atom. The summed E-state index contributed by atoms with van der Waals surface area (Å²) in [5.41, 5.74) is 2.27. The van der Waals surface area contributed by atoms with Crippen molar-refractivity contribution in [1.82, 2.24) is 9.97 Å². The van der Waals surface area contributed by atoms with Gasteiger partial charge in [-0.25, -0.2) is 9.37 Å². The maximum atomic E-state index is 13.9. The molecule has 2 aromatic heterocycles. The summed E-state index contributed by atoms with van der Waals surface area (Å²) in [5, 5.41) is 3.91. The minimum Gasteiger partial charge on any atom is -0.310 e. The number of halogens is 1. The molecule has 1 N–H and O–H groups in total. The van der Waals surface area contributed by atoms with Crippen LogP contribution in [0.5, 0.6) is 0 Å². The van der Waals surface area contributed by atoms with Crippen LogP contribution in [0.1, 0.15) is 56.6 Å². The molecule has 3 aromatic rings. The van der Waals surface area contributed by atoms with E-state index in [0.29, 0.717) is 35.1 Å². The van der Waals surface area contributed by atoms with E-state index in [1.165, 1.54) is 11.6 Å². The van der Waals surface area contributed by atoms with E-state index >= 15 is 0 Å². The minimum absolute atomic E-state index is 0.000541. The molecule has 4 atom stereocenters. The molecule has 2 fully saturated rings. The topological polar surface area (TPSA) is 54.9 Å². The van der Waals surface area contributed by atoms with E-state index in [2.05, 4.69) is 27.3 Å². The lowest BCUT2D eigenvalue weighted by atomic mass is 9.75. The molecule has 2 aliphatic carbocycles. The Morgan fingerprint density at radius 3 is 2.52 bits per heavy atom. The van der Waals surface area contributed by atoms with Gasteiger partial charge in [0.15, 0.2) is 0 Å². The SMILES string of the molecule is C#Cc1ccc(NC(=O)C(C)(C)[C@H]2C[C@H]3C[C@@H](c4ccnc5ccc(F)cc45)C[C@H]3C2)nc1. The van der Waals surface area contributed by atoms with Gasteiger partial charge in [0, 0.05) is 28.8 Å². The van der Waals surface area contributed by atoms with Crippen LogP contribution < -0.4 is 5.32 Å². The van der Waals surface area contributed by atoms with Crippen molar-refractivity contribution in [2.24, 2.45) is 23.2 Å². The second-order valence-corrected chi connectivity index (χ2v) is 10.2. The van der Waals surface area contributed by atoms with Crippen LogP contribution in [0.25, 0.3) is 10.9 Å². The summed E-state index contributed by atoms with van der Waals surface area (Å²) in [5.74, 6) is 4.78. The first-order valence-electron chi connectivity index (χ1n) is 11.6. The number of hydrogen-bond donors (Lipinski definition) is 1. The van der Waals surface area contributed by atoms with Gasteiger partial charge in [-0.3, -0.25) is 9.78 Å². The van der Waals surface area contributed by atoms with Crippen molar-refractivity contribution < 1.29 is 9.18 Å². The van der Waals surface area contributed by atoms with Crippen molar-refractivity contribution in [2.45, 2.75) is 45.4 Å². The molecular formula is C28H28FN3O. The Kier molecular flexibility index (Phi) is 5.40. The highest BCUT2D eigenvalue weighted by molar-refractivity contribution is 5.94. The average molecular weight is 442 g/mol. The summed E-state index contributed by atoms with van der Waals surface area (Å²) in [7, 11) is 0. The quantitative estimate of drug-likeness (QED) is 0.510. The van der Waals surface area contributed by atoms with E-state index in [9.17, 15) is 9.18 Å². The molecule has 0 radical (unpaired) electrons. The van der Waals surface area contributed by atoms with Crippen LogP contribution >= 0.6 is 0 Å². The van der Waals surface area contributed by atoms with Crippen LogP contribution in [0.3, 0.4) is 0 Å². The van der Waals surface area contributed by atoms with Gasteiger partial charge in [-0.1, -0.05) is 19.8 Å². The van der Waals surface area contributed by atoms with Gasteiger partial charge < -0.3 is 5.32 Å². The van der Waals surface area contributed by atoms with Crippen LogP contribution in [0.2, 0.25) is 0 Å². The number of carbonyl (C=O) groups is 1. The van der Waals surface area contributed by atoms with E-state index in [-0.39, 0.29) is 11.7 Å². The molecule has 0 saturated heterocycles. The Hall–Kier alpha value is -3.26. The van der Waals surface area contributed by atoms with Gasteiger partial charge >= 0.3 is 0 Å². The molecule has 33 heavy (non-hydrogen) atoms. The number of terminal acetylenes is 1. The number of rotatable bonds is 4. The van der Waals surface area contributed by atoms with Gasteiger partial charge in [0.2, 0.25) is 5.91 Å². The Balaban J connectivity index is 1.27. The lowest BCUT2D eigenvalue weighted by Gasteiger charge is -2.31. The molecule has 5 heteroatoms. The molecule has 0 unspecified atom stereocenters. The Labute approximate surface area is 194 Å². The number of anilines is 1. The van der Waals surface area contributed by atoms with Crippen molar-refractivity contribution in [3.63, 3.8) is 0 Å². The largest absolute Gasteiger partial charge is 0.310 e. The van der Waals surface area contributed by atoms with Crippen LogP contribution in [0.15, 0.2) is 48.8 Å². The zero-order valence-electron chi connectivity index (χ0n) is 19.0. The lowest BCUT2D eigenvalue weighted by Crippen LogP contribution is -2.37. The third-order valence-electron chi connectivity index (χ3n) is 7.97. The van der Waals surface area contributed by atoms with Gasteiger partial charge in [0.25, 0.3) is 0 Å². The summed E-state index contributed by atoms with van der Waals surface area (Å²) in [6, 6.07) is 10.4. The van der Waals surface area contributed by atoms with E-state index in [4.69, 9.17) is 6.42 Å². The average Bonchev–Trinajstić information content (AvgIpc) is 3.39. The highest BCUT2D eigenvalue weighted by Gasteiger charge is 2.49. The number of carbonyl (C=O) groups excluding carboxylic acids is 1. The highest BCUT2D eigenvalue weighted by Crippen LogP contribution is 2.56. The molecule has 2 aliphatic rings. The maximum Gasteiger partial charge on any atom is 0.231 e. The molecule has 0 aliphatic heterocycles. The smallest absolute Gasteiger partial charge is 0.231 e. The van der Waals surface area contributed by atoms with Gasteiger partial charge in [0.1, 0.15) is 11.6 Å². The zero-order chi connectivity index (χ0) is 23.2. The van der Waals surface area contributed by atoms with E-state index < -0.39 is 5.41 Å². The lowest BCUT2D eigenvalue weighted by molar-refractivity contribution is -0.126. The third-order valence-corrected chi connectivity index (χ3v) is 7.97. The van der Waals surface area contributed by atoms with Crippen molar-refractivity contribution in [3.8, 4) is 12.3 Å². The van der Waals surface area contributed by atoms with Crippen molar-refractivity contribution in [1.29, 1.82) is 0 Å². The summed E-state index contributed by atoms with van der Waals surface area (Å²) in [6.07, 6.45) is 13.1. The second kappa shape index (κ2) is 8.26. The minimum atomic E-state index is -0.487. The molecular weight excluding hydrogens is 413 g/mol. The van der Waals surface area contributed by atoms with E-state index in [1.807, 2.05) is 20.0 Å². The van der Waals surface area contributed by atoms with Crippen LogP contribution in [-0.4, -0.2) is 15.9 Å². The number of fused-ring (bicyclic) bond motifs is 2. The monoisotopic (exact) mass is 441 g/mol.